The van der Waals surface area contributed by atoms with E-state index in [0.29, 0.717) is 5.02 Å². The van der Waals surface area contributed by atoms with Crippen LogP contribution in [0.5, 0.6) is 5.75 Å². The Morgan fingerprint density at radius 3 is 2.61 bits per heavy atom. The van der Waals surface area contributed by atoms with Gasteiger partial charge in [-0.05, 0) is 18.2 Å². The van der Waals surface area contributed by atoms with Crippen LogP contribution in [0.2, 0.25) is 5.02 Å². The van der Waals surface area contributed by atoms with Crippen LogP contribution in [-0.2, 0) is 10.0 Å². The monoisotopic (exact) mass is 292 g/mol. The van der Waals surface area contributed by atoms with Gasteiger partial charge in [0.25, 0.3) is 5.91 Å². The molecule has 0 aromatic heterocycles. The molecule has 0 aliphatic rings. The average Bonchev–Trinajstić information content (AvgIpc) is 2.22. The van der Waals surface area contributed by atoms with Crippen LogP contribution in [0.25, 0.3) is 0 Å². The van der Waals surface area contributed by atoms with Gasteiger partial charge in [-0.2, -0.15) is 0 Å². The molecular formula is C10H13ClN2O4S. The lowest BCUT2D eigenvalue weighted by Crippen LogP contribution is -2.34. The molecule has 3 N–H and O–H groups in total. The summed E-state index contributed by atoms with van der Waals surface area (Å²) >= 11 is 5.63. The van der Waals surface area contributed by atoms with Crippen molar-refractivity contribution in [1.82, 2.24) is 10.0 Å². The highest BCUT2D eigenvalue weighted by Crippen LogP contribution is 2.21. The summed E-state index contributed by atoms with van der Waals surface area (Å²) in [7, 11) is -3.27. The van der Waals surface area contributed by atoms with E-state index in [1.54, 1.807) is 0 Å². The molecule has 0 fully saturated rings. The third kappa shape index (κ3) is 4.91. The molecule has 8 heteroatoms. The first-order valence-electron chi connectivity index (χ1n) is 5.01. The van der Waals surface area contributed by atoms with E-state index in [-0.39, 0.29) is 24.4 Å². The minimum absolute atomic E-state index is 0.0822. The Morgan fingerprint density at radius 1 is 1.39 bits per heavy atom. The summed E-state index contributed by atoms with van der Waals surface area (Å²) in [4.78, 5) is 11.6. The van der Waals surface area contributed by atoms with Crippen LogP contribution in [0, 0.1) is 0 Å². The summed E-state index contributed by atoms with van der Waals surface area (Å²) in [6, 6.07) is 4.12. The number of hydrogen-bond donors (Lipinski definition) is 3. The third-order valence-electron chi connectivity index (χ3n) is 1.98. The first kappa shape index (κ1) is 14.7. The maximum absolute atomic E-state index is 11.6. The SMILES string of the molecule is CS(=O)(=O)NCCNC(=O)c1ccc(Cl)cc1O. The standard InChI is InChI=1S/C10H13ClN2O4S/c1-18(16,17)13-5-4-12-10(15)8-3-2-7(11)6-9(8)14/h2-3,6,13-14H,4-5H2,1H3,(H,12,15). The molecule has 0 unspecified atom stereocenters. The predicted octanol–water partition coefficient (Wildman–Crippen LogP) is 0.325. The van der Waals surface area contributed by atoms with Crippen molar-refractivity contribution < 1.29 is 18.3 Å². The topological polar surface area (TPSA) is 95.5 Å². The van der Waals surface area contributed by atoms with E-state index in [1.165, 1.54) is 18.2 Å². The van der Waals surface area contributed by atoms with Crippen molar-refractivity contribution in [2.75, 3.05) is 19.3 Å². The second-order valence-corrected chi connectivity index (χ2v) is 5.85. The van der Waals surface area contributed by atoms with Crippen molar-refractivity contribution in [3.05, 3.63) is 28.8 Å². The summed E-state index contributed by atoms with van der Waals surface area (Å²) in [6.07, 6.45) is 1.03. The van der Waals surface area contributed by atoms with Crippen LogP contribution in [0.15, 0.2) is 18.2 Å². The van der Waals surface area contributed by atoms with Gasteiger partial charge < -0.3 is 10.4 Å². The molecule has 0 atom stereocenters. The Morgan fingerprint density at radius 2 is 2.06 bits per heavy atom. The normalized spacial score (nSPS) is 11.2. The molecule has 0 aliphatic heterocycles. The van der Waals surface area contributed by atoms with Gasteiger partial charge in [0.05, 0.1) is 11.8 Å². The van der Waals surface area contributed by atoms with Crippen LogP contribution < -0.4 is 10.0 Å². The molecule has 18 heavy (non-hydrogen) atoms. The minimum atomic E-state index is -3.27. The van der Waals surface area contributed by atoms with Gasteiger partial charge in [0.2, 0.25) is 10.0 Å². The molecule has 100 valence electrons. The fourth-order valence-electron chi connectivity index (χ4n) is 1.20. The molecule has 0 saturated carbocycles. The second-order valence-electron chi connectivity index (χ2n) is 3.58. The largest absolute Gasteiger partial charge is 0.507 e. The summed E-state index contributed by atoms with van der Waals surface area (Å²) in [5.74, 6) is -0.726. The van der Waals surface area contributed by atoms with E-state index >= 15 is 0 Å². The molecule has 1 amide bonds. The molecule has 0 heterocycles. The number of phenolic OH excluding ortho intramolecular Hbond substituents is 1. The minimum Gasteiger partial charge on any atom is -0.507 e. The third-order valence-corrected chi connectivity index (χ3v) is 2.94. The highest BCUT2D eigenvalue weighted by Gasteiger charge is 2.10. The van der Waals surface area contributed by atoms with Gasteiger partial charge in [-0.3, -0.25) is 4.79 Å². The van der Waals surface area contributed by atoms with Crippen molar-refractivity contribution in [3.63, 3.8) is 0 Å². The highest BCUT2D eigenvalue weighted by atomic mass is 35.5. The molecule has 0 spiro atoms. The number of benzene rings is 1. The maximum atomic E-state index is 11.6. The van der Waals surface area contributed by atoms with Gasteiger partial charge >= 0.3 is 0 Å². The average molecular weight is 293 g/mol. The van der Waals surface area contributed by atoms with Gasteiger partial charge in [0, 0.05) is 18.1 Å². The molecule has 0 saturated heterocycles. The molecule has 0 aliphatic carbocycles. The Bertz CT molecular complexity index is 545. The number of aromatic hydroxyl groups is 1. The van der Waals surface area contributed by atoms with E-state index in [4.69, 9.17) is 11.6 Å². The van der Waals surface area contributed by atoms with Crippen LogP contribution in [0.3, 0.4) is 0 Å². The number of carbonyl (C=O) groups is 1. The fraction of sp³-hybridized carbons (Fsp3) is 0.300. The van der Waals surface area contributed by atoms with Crippen molar-refractivity contribution in [2.24, 2.45) is 0 Å². The zero-order valence-corrected chi connectivity index (χ0v) is 11.2. The van der Waals surface area contributed by atoms with Crippen LogP contribution in [-0.4, -0.2) is 38.8 Å². The number of hydrogen-bond acceptors (Lipinski definition) is 4. The van der Waals surface area contributed by atoms with Crippen LogP contribution in [0.1, 0.15) is 10.4 Å². The zero-order valence-electron chi connectivity index (χ0n) is 9.60. The number of carbonyl (C=O) groups excluding carboxylic acids is 1. The first-order valence-corrected chi connectivity index (χ1v) is 7.28. The van der Waals surface area contributed by atoms with E-state index < -0.39 is 15.9 Å². The van der Waals surface area contributed by atoms with E-state index in [9.17, 15) is 18.3 Å². The molecule has 0 radical (unpaired) electrons. The van der Waals surface area contributed by atoms with Crippen molar-refractivity contribution in [1.29, 1.82) is 0 Å². The van der Waals surface area contributed by atoms with Crippen LogP contribution >= 0.6 is 11.6 Å². The Labute approximate surface area is 110 Å². The number of sulfonamides is 1. The summed E-state index contributed by atoms with van der Waals surface area (Å²) in [5.41, 5.74) is 0.0822. The van der Waals surface area contributed by atoms with E-state index in [1.807, 2.05) is 0 Å². The number of rotatable bonds is 5. The predicted molar refractivity (Wildman–Crippen MR) is 68.3 cm³/mol. The van der Waals surface area contributed by atoms with Gasteiger partial charge in [-0.15, -0.1) is 0 Å². The number of amides is 1. The zero-order chi connectivity index (χ0) is 13.8. The van der Waals surface area contributed by atoms with Gasteiger partial charge in [0.15, 0.2) is 0 Å². The molecule has 6 nitrogen and oxygen atoms in total. The summed E-state index contributed by atoms with van der Waals surface area (Å²) < 4.78 is 23.7. The number of phenols is 1. The van der Waals surface area contributed by atoms with Gasteiger partial charge in [0.1, 0.15) is 5.75 Å². The Balaban J connectivity index is 2.51. The number of nitrogens with one attached hydrogen (secondary N) is 2. The summed E-state index contributed by atoms with van der Waals surface area (Å²) in [5, 5.41) is 12.3. The lowest BCUT2D eigenvalue weighted by atomic mass is 10.2. The second kappa shape index (κ2) is 6.03. The fourth-order valence-corrected chi connectivity index (χ4v) is 1.84. The molecule has 1 rings (SSSR count). The maximum Gasteiger partial charge on any atom is 0.255 e. The van der Waals surface area contributed by atoms with E-state index in [0.717, 1.165) is 6.26 Å². The summed E-state index contributed by atoms with van der Waals surface area (Å²) in [6.45, 7) is 0.201. The first-order chi connectivity index (χ1) is 8.29. The lowest BCUT2D eigenvalue weighted by molar-refractivity contribution is 0.0951. The van der Waals surface area contributed by atoms with Crippen molar-refractivity contribution >= 4 is 27.5 Å². The number of halogens is 1. The van der Waals surface area contributed by atoms with Crippen molar-refractivity contribution in [3.8, 4) is 5.75 Å². The molecular weight excluding hydrogens is 280 g/mol. The Kier molecular flexibility index (Phi) is 4.94. The molecule has 1 aromatic carbocycles. The van der Waals surface area contributed by atoms with Gasteiger partial charge in [-0.25, -0.2) is 13.1 Å². The molecule has 1 aromatic rings. The smallest absolute Gasteiger partial charge is 0.255 e. The molecule has 0 bridgehead atoms. The Hall–Kier alpha value is -1.31. The van der Waals surface area contributed by atoms with E-state index in [2.05, 4.69) is 10.0 Å². The highest BCUT2D eigenvalue weighted by molar-refractivity contribution is 7.88. The quantitative estimate of drug-likeness (QED) is 0.681. The van der Waals surface area contributed by atoms with Crippen LogP contribution in [0.4, 0.5) is 0 Å². The lowest BCUT2D eigenvalue weighted by Gasteiger charge is -2.07. The van der Waals surface area contributed by atoms with Crippen molar-refractivity contribution in [2.45, 2.75) is 0 Å². The van der Waals surface area contributed by atoms with Gasteiger partial charge in [-0.1, -0.05) is 11.6 Å².